The predicted octanol–water partition coefficient (Wildman–Crippen LogP) is 4.33. The van der Waals surface area contributed by atoms with Crippen molar-refractivity contribution in [1.82, 2.24) is 0 Å². The third-order valence-corrected chi connectivity index (χ3v) is 3.00. The van der Waals surface area contributed by atoms with Gasteiger partial charge in [0.1, 0.15) is 0 Å². The SMILES string of the molecule is CCOC(=O)/C=C(\c1ccccc1)c1cccc(Cl)c1. The molecule has 0 N–H and O–H groups in total. The molecule has 2 aromatic carbocycles. The maximum absolute atomic E-state index is 11.8. The zero-order valence-corrected chi connectivity index (χ0v) is 11.9. The minimum absolute atomic E-state index is 0.354. The van der Waals surface area contributed by atoms with Crippen molar-refractivity contribution in [2.24, 2.45) is 0 Å². The van der Waals surface area contributed by atoms with Crippen molar-refractivity contribution in [2.75, 3.05) is 6.61 Å². The second-order valence-electron chi connectivity index (χ2n) is 4.19. The van der Waals surface area contributed by atoms with Crippen molar-refractivity contribution < 1.29 is 9.53 Å². The highest BCUT2D eigenvalue weighted by molar-refractivity contribution is 6.30. The zero-order chi connectivity index (χ0) is 14.4. The van der Waals surface area contributed by atoms with E-state index in [0.29, 0.717) is 11.6 Å². The highest BCUT2D eigenvalue weighted by Gasteiger charge is 2.08. The van der Waals surface area contributed by atoms with E-state index in [2.05, 4.69) is 0 Å². The van der Waals surface area contributed by atoms with Crippen LogP contribution in [0.5, 0.6) is 0 Å². The van der Waals surface area contributed by atoms with Gasteiger partial charge < -0.3 is 4.74 Å². The van der Waals surface area contributed by atoms with Crippen LogP contribution in [0.25, 0.3) is 5.57 Å². The highest BCUT2D eigenvalue weighted by Crippen LogP contribution is 2.25. The lowest BCUT2D eigenvalue weighted by Crippen LogP contribution is -2.01. The lowest BCUT2D eigenvalue weighted by molar-refractivity contribution is -0.137. The van der Waals surface area contributed by atoms with Gasteiger partial charge in [-0.1, -0.05) is 54.1 Å². The monoisotopic (exact) mass is 286 g/mol. The summed E-state index contributed by atoms with van der Waals surface area (Å²) in [7, 11) is 0. The fourth-order valence-corrected chi connectivity index (χ4v) is 2.10. The van der Waals surface area contributed by atoms with Gasteiger partial charge in [-0.25, -0.2) is 4.79 Å². The first-order valence-corrected chi connectivity index (χ1v) is 6.78. The summed E-state index contributed by atoms with van der Waals surface area (Å²) in [6.07, 6.45) is 1.50. The second kappa shape index (κ2) is 6.92. The van der Waals surface area contributed by atoms with Crippen molar-refractivity contribution in [2.45, 2.75) is 6.92 Å². The predicted molar refractivity (Wildman–Crippen MR) is 81.6 cm³/mol. The summed E-state index contributed by atoms with van der Waals surface area (Å²) >= 11 is 6.03. The van der Waals surface area contributed by atoms with E-state index in [1.165, 1.54) is 6.08 Å². The Morgan fingerprint density at radius 3 is 2.45 bits per heavy atom. The summed E-state index contributed by atoms with van der Waals surface area (Å²) in [5, 5.41) is 0.633. The van der Waals surface area contributed by atoms with Gasteiger partial charge in [0, 0.05) is 11.1 Å². The third-order valence-electron chi connectivity index (χ3n) is 2.77. The van der Waals surface area contributed by atoms with Crippen LogP contribution < -0.4 is 0 Å². The molecule has 0 aliphatic heterocycles. The maximum Gasteiger partial charge on any atom is 0.331 e. The van der Waals surface area contributed by atoms with E-state index in [1.807, 2.05) is 48.5 Å². The molecule has 3 heteroatoms. The summed E-state index contributed by atoms with van der Waals surface area (Å²) in [6.45, 7) is 2.14. The Morgan fingerprint density at radius 1 is 1.10 bits per heavy atom. The van der Waals surface area contributed by atoms with Gasteiger partial charge in [0.15, 0.2) is 0 Å². The lowest BCUT2D eigenvalue weighted by Gasteiger charge is -2.09. The van der Waals surface area contributed by atoms with Crippen molar-refractivity contribution in [3.05, 3.63) is 76.8 Å². The molecule has 0 aromatic heterocycles. The molecule has 0 unspecified atom stereocenters. The molecular weight excluding hydrogens is 272 g/mol. The molecule has 2 nitrogen and oxygen atoms in total. The van der Waals surface area contributed by atoms with E-state index < -0.39 is 0 Å². The first-order valence-electron chi connectivity index (χ1n) is 6.40. The van der Waals surface area contributed by atoms with Gasteiger partial charge in [-0.2, -0.15) is 0 Å². The Balaban J connectivity index is 2.47. The van der Waals surface area contributed by atoms with Crippen LogP contribution in [0.3, 0.4) is 0 Å². The van der Waals surface area contributed by atoms with Crippen molar-refractivity contribution in [3.63, 3.8) is 0 Å². The van der Waals surface area contributed by atoms with Gasteiger partial charge in [-0.15, -0.1) is 0 Å². The number of halogens is 1. The number of carbonyl (C=O) groups is 1. The van der Waals surface area contributed by atoms with Gasteiger partial charge >= 0.3 is 5.97 Å². The molecule has 0 bridgehead atoms. The van der Waals surface area contributed by atoms with Crippen molar-refractivity contribution in [1.29, 1.82) is 0 Å². The Kier molecular flexibility index (Phi) is 4.97. The largest absolute Gasteiger partial charge is 0.463 e. The zero-order valence-electron chi connectivity index (χ0n) is 11.2. The van der Waals surface area contributed by atoms with Gasteiger partial charge in [-0.3, -0.25) is 0 Å². The highest BCUT2D eigenvalue weighted by atomic mass is 35.5. The quantitative estimate of drug-likeness (QED) is 0.617. The second-order valence-corrected chi connectivity index (χ2v) is 4.62. The minimum Gasteiger partial charge on any atom is -0.463 e. The molecule has 20 heavy (non-hydrogen) atoms. The standard InChI is InChI=1S/C17H15ClO2/c1-2-20-17(19)12-16(13-7-4-3-5-8-13)14-9-6-10-15(18)11-14/h3-12H,2H2,1H3/b16-12+. The normalized spacial score (nSPS) is 11.2. The number of rotatable bonds is 4. The smallest absolute Gasteiger partial charge is 0.331 e. The molecule has 0 fully saturated rings. The molecule has 0 amide bonds. The van der Waals surface area contributed by atoms with E-state index in [1.54, 1.807) is 13.0 Å². The van der Waals surface area contributed by atoms with Crippen LogP contribution >= 0.6 is 11.6 Å². The van der Waals surface area contributed by atoms with Crippen LogP contribution in [0.2, 0.25) is 5.02 Å². The fraction of sp³-hybridized carbons (Fsp3) is 0.118. The van der Waals surface area contributed by atoms with Crippen LogP contribution in [0.1, 0.15) is 18.1 Å². The van der Waals surface area contributed by atoms with Crippen molar-refractivity contribution >= 4 is 23.1 Å². The summed E-state index contributed by atoms with van der Waals surface area (Å²) in [5.74, 6) is -0.355. The molecule has 0 aliphatic carbocycles. The summed E-state index contributed by atoms with van der Waals surface area (Å²) in [6, 6.07) is 17.1. The molecule has 2 rings (SSSR count). The number of hydrogen-bond donors (Lipinski definition) is 0. The van der Waals surface area contributed by atoms with E-state index >= 15 is 0 Å². The maximum atomic E-state index is 11.8. The molecule has 0 heterocycles. The molecule has 0 spiro atoms. The minimum atomic E-state index is -0.355. The Morgan fingerprint density at radius 2 is 1.80 bits per heavy atom. The lowest BCUT2D eigenvalue weighted by atomic mass is 9.97. The number of benzene rings is 2. The van der Waals surface area contributed by atoms with Crippen LogP contribution in [-0.2, 0) is 9.53 Å². The molecule has 0 saturated heterocycles. The number of hydrogen-bond acceptors (Lipinski definition) is 2. The summed E-state index contributed by atoms with van der Waals surface area (Å²) in [5.41, 5.74) is 2.63. The Bertz CT molecular complexity index is 618. The van der Waals surface area contributed by atoms with E-state index in [0.717, 1.165) is 16.7 Å². The fourth-order valence-electron chi connectivity index (χ4n) is 1.91. The van der Waals surface area contributed by atoms with Gasteiger partial charge in [-0.05, 0) is 35.8 Å². The first kappa shape index (κ1) is 14.4. The number of esters is 1. The van der Waals surface area contributed by atoms with Gasteiger partial charge in [0.05, 0.1) is 6.61 Å². The molecule has 0 atom stereocenters. The van der Waals surface area contributed by atoms with Crippen molar-refractivity contribution in [3.8, 4) is 0 Å². The van der Waals surface area contributed by atoms with Crippen LogP contribution in [0, 0.1) is 0 Å². The third kappa shape index (κ3) is 3.72. The average molecular weight is 287 g/mol. The molecule has 0 radical (unpaired) electrons. The molecule has 0 aliphatic rings. The van der Waals surface area contributed by atoms with E-state index in [4.69, 9.17) is 16.3 Å². The number of carbonyl (C=O) groups excluding carboxylic acids is 1. The Hall–Kier alpha value is -2.06. The molecular formula is C17H15ClO2. The van der Waals surface area contributed by atoms with Crippen LogP contribution in [0.15, 0.2) is 60.7 Å². The average Bonchev–Trinajstić information content (AvgIpc) is 2.46. The van der Waals surface area contributed by atoms with Gasteiger partial charge in [0.25, 0.3) is 0 Å². The topological polar surface area (TPSA) is 26.3 Å². The molecule has 0 saturated carbocycles. The Labute approximate surface area is 123 Å². The number of ether oxygens (including phenoxy) is 1. The van der Waals surface area contributed by atoms with Crippen LogP contribution in [0.4, 0.5) is 0 Å². The van der Waals surface area contributed by atoms with E-state index in [-0.39, 0.29) is 5.97 Å². The van der Waals surface area contributed by atoms with Gasteiger partial charge in [0.2, 0.25) is 0 Å². The van der Waals surface area contributed by atoms with E-state index in [9.17, 15) is 4.79 Å². The van der Waals surface area contributed by atoms with Crippen LogP contribution in [-0.4, -0.2) is 12.6 Å². The summed E-state index contributed by atoms with van der Waals surface area (Å²) in [4.78, 5) is 11.8. The first-order chi connectivity index (χ1) is 9.70. The molecule has 102 valence electrons. The summed E-state index contributed by atoms with van der Waals surface area (Å²) < 4.78 is 5.00. The molecule has 2 aromatic rings.